The predicted octanol–water partition coefficient (Wildman–Crippen LogP) is 2.63. The normalized spacial score (nSPS) is 12.7. The highest BCUT2D eigenvalue weighted by Crippen LogP contribution is 2.19. The van der Waals surface area contributed by atoms with Gasteiger partial charge in [0.05, 0.1) is 11.4 Å². The average molecular weight is 265 g/mol. The summed E-state index contributed by atoms with van der Waals surface area (Å²) in [5, 5.41) is 8.39. The molecule has 0 spiro atoms. The molecule has 0 radical (unpaired) electrons. The Morgan fingerprint density at radius 1 is 1.44 bits per heavy atom. The number of aromatic nitrogens is 3. The summed E-state index contributed by atoms with van der Waals surface area (Å²) in [5.74, 6) is 0. The van der Waals surface area contributed by atoms with Crippen molar-refractivity contribution in [1.82, 2.24) is 20.1 Å². The van der Waals surface area contributed by atoms with Crippen LogP contribution in [0.25, 0.3) is 0 Å². The number of hydrogen-bond donors (Lipinski definition) is 1. The second-order valence-electron chi connectivity index (χ2n) is 4.34. The van der Waals surface area contributed by atoms with Gasteiger partial charge in [0.1, 0.15) is 5.15 Å². The third-order valence-electron chi connectivity index (χ3n) is 2.99. The smallest absolute Gasteiger partial charge is 0.131 e. The third-order valence-corrected chi connectivity index (χ3v) is 3.46. The Morgan fingerprint density at radius 3 is 2.78 bits per heavy atom. The molecule has 0 unspecified atom stereocenters. The second kappa shape index (κ2) is 5.50. The summed E-state index contributed by atoms with van der Waals surface area (Å²) in [5.41, 5.74) is 3.03. The summed E-state index contributed by atoms with van der Waals surface area (Å²) in [6.45, 7) is 4.74. The minimum absolute atomic E-state index is 0.182. The molecule has 0 amide bonds. The molecule has 1 atom stereocenters. The Kier molecular flexibility index (Phi) is 3.99. The molecule has 0 aliphatic carbocycles. The molecule has 2 aromatic rings. The van der Waals surface area contributed by atoms with Crippen LogP contribution in [-0.4, -0.2) is 14.8 Å². The number of aryl methyl sites for hydroxylation is 2. The van der Waals surface area contributed by atoms with Crippen molar-refractivity contribution in [3.8, 4) is 0 Å². The summed E-state index contributed by atoms with van der Waals surface area (Å²) in [4.78, 5) is 4.32. The highest BCUT2D eigenvalue weighted by molar-refractivity contribution is 6.30. The highest BCUT2D eigenvalue weighted by Gasteiger charge is 2.12. The molecule has 0 aromatic carbocycles. The maximum absolute atomic E-state index is 6.19. The van der Waals surface area contributed by atoms with Crippen LogP contribution in [0.4, 0.5) is 0 Å². The van der Waals surface area contributed by atoms with Gasteiger partial charge in [-0.05, 0) is 26.0 Å². The topological polar surface area (TPSA) is 42.7 Å². The molecule has 0 bridgehead atoms. The van der Waals surface area contributed by atoms with Crippen LogP contribution >= 0.6 is 11.6 Å². The van der Waals surface area contributed by atoms with Crippen molar-refractivity contribution in [1.29, 1.82) is 0 Å². The molecular weight excluding hydrogens is 248 g/mol. The molecule has 1 N–H and O–H groups in total. The zero-order valence-electron chi connectivity index (χ0n) is 10.8. The van der Waals surface area contributed by atoms with Gasteiger partial charge in [0.2, 0.25) is 0 Å². The van der Waals surface area contributed by atoms with Crippen LogP contribution < -0.4 is 5.32 Å². The van der Waals surface area contributed by atoms with Crippen molar-refractivity contribution in [2.45, 2.75) is 26.4 Å². The fourth-order valence-electron chi connectivity index (χ4n) is 1.87. The summed E-state index contributed by atoms with van der Waals surface area (Å²) in [6.07, 6.45) is 1.80. The maximum Gasteiger partial charge on any atom is 0.131 e. The van der Waals surface area contributed by atoms with E-state index in [4.69, 9.17) is 11.6 Å². The van der Waals surface area contributed by atoms with Crippen molar-refractivity contribution in [3.63, 3.8) is 0 Å². The Balaban J connectivity index is 2.04. The van der Waals surface area contributed by atoms with E-state index in [1.165, 1.54) is 0 Å². The van der Waals surface area contributed by atoms with E-state index >= 15 is 0 Å². The third kappa shape index (κ3) is 2.71. The van der Waals surface area contributed by atoms with Gasteiger partial charge in [-0.1, -0.05) is 17.7 Å². The fraction of sp³-hybridized carbons (Fsp3) is 0.385. The predicted molar refractivity (Wildman–Crippen MR) is 72.4 cm³/mol. The lowest BCUT2D eigenvalue weighted by atomic mass is 10.2. The molecule has 0 aliphatic heterocycles. The average Bonchev–Trinajstić information content (AvgIpc) is 2.62. The molecule has 2 heterocycles. The van der Waals surface area contributed by atoms with Crippen LogP contribution in [0.5, 0.6) is 0 Å². The highest BCUT2D eigenvalue weighted by atomic mass is 35.5. The molecule has 96 valence electrons. The van der Waals surface area contributed by atoms with Gasteiger partial charge in [0, 0.05) is 31.4 Å². The van der Waals surface area contributed by atoms with Gasteiger partial charge < -0.3 is 5.32 Å². The van der Waals surface area contributed by atoms with Gasteiger partial charge in [-0.3, -0.25) is 9.67 Å². The van der Waals surface area contributed by atoms with E-state index in [-0.39, 0.29) is 6.04 Å². The monoisotopic (exact) mass is 264 g/mol. The molecule has 2 rings (SSSR count). The minimum atomic E-state index is 0.182. The Labute approximate surface area is 112 Å². The van der Waals surface area contributed by atoms with Gasteiger partial charge >= 0.3 is 0 Å². The fourth-order valence-corrected chi connectivity index (χ4v) is 2.11. The Bertz CT molecular complexity index is 521. The number of nitrogens with one attached hydrogen (secondary N) is 1. The molecule has 4 nitrogen and oxygen atoms in total. The number of halogens is 1. The van der Waals surface area contributed by atoms with E-state index in [9.17, 15) is 0 Å². The lowest BCUT2D eigenvalue weighted by Gasteiger charge is -2.13. The number of nitrogens with zero attached hydrogens (tertiary/aromatic N) is 3. The van der Waals surface area contributed by atoms with Crippen LogP contribution in [0.2, 0.25) is 5.15 Å². The Morgan fingerprint density at radius 2 is 2.22 bits per heavy atom. The first-order valence-electron chi connectivity index (χ1n) is 5.92. The molecule has 0 saturated carbocycles. The quantitative estimate of drug-likeness (QED) is 0.923. The lowest BCUT2D eigenvalue weighted by molar-refractivity contribution is 0.560. The number of rotatable bonds is 4. The molecule has 0 aliphatic rings. The van der Waals surface area contributed by atoms with Gasteiger partial charge in [-0.25, -0.2) is 0 Å². The van der Waals surface area contributed by atoms with Crippen LogP contribution in [0, 0.1) is 6.92 Å². The van der Waals surface area contributed by atoms with Crippen LogP contribution in [0.15, 0.2) is 24.4 Å². The largest absolute Gasteiger partial charge is 0.305 e. The Hall–Kier alpha value is -1.39. The number of hydrogen-bond acceptors (Lipinski definition) is 3. The van der Waals surface area contributed by atoms with Gasteiger partial charge in [0.25, 0.3) is 0 Å². The molecular formula is C13H17ClN4. The summed E-state index contributed by atoms with van der Waals surface area (Å²) < 4.78 is 1.69. The van der Waals surface area contributed by atoms with Crippen LogP contribution in [-0.2, 0) is 13.6 Å². The van der Waals surface area contributed by atoms with Crippen LogP contribution in [0.3, 0.4) is 0 Å². The summed E-state index contributed by atoms with van der Waals surface area (Å²) in [6, 6.07) is 6.10. The van der Waals surface area contributed by atoms with Crippen molar-refractivity contribution in [2.75, 3.05) is 0 Å². The van der Waals surface area contributed by atoms with Gasteiger partial charge in [0.15, 0.2) is 0 Å². The molecule has 0 fully saturated rings. The van der Waals surface area contributed by atoms with Crippen molar-refractivity contribution >= 4 is 11.6 Å². The first-order chi connectivity index (χ1) is 8.59. The summed E-state index contributed by atoms with van der Waals surface area (Å²) >= 11 is 6.19. The standard InChI is InChI=1S/C13H17ClN4/c1-9-11(13(14)18(3)17-9)8-16-10(2)12-6-4-5-7-15-12/h4-7,10,16H,8H2,1-3H3/t10-/m1/s1. The van der Waals surface area contributed by atoms with E-state index in [2.05, 4.69) is 22.3 Å². The molecule has 18 heavy (non-hydrogen) atoms. The number of pyridine rings is 1. The zero-order valence-corrected chi connectivity index (χ0v) is 11.6. The zero-order chi connectivity index (χ0) is 13.1. The van der Waals surface area contributed by atoms with Crippen molar-refractivity contribution in [3.05, 3.63) is 46.5 Å². The van der Waals surface area contributed by atoms with Gasteiger partial charge in [-0.15, -0.1) is 0 Å². The van der Waals surface area contributed by atoms with E-state index in [0.29, 0.717) is 11.7 Å². The van der Waals surface area contributed by atoms with E-state index in [1.54, 1.807) is 10.9 Å². The molecule has 2 aromatic heterocycles. The maximum atomic E-state index is 6.19. The molecule has 5 heteroatoms. The van der Waals surface area contributed by atoms with Crippen LogP contribution in [0.1, 0.15) is 29.9 Å². The van der Waals surface area contributed by atoms with E-state index in [1.807, 2.05) is 32.2 Å². The van der Waals surface area contributed by atoms with Gasteiger partial charge in [-0.2, -0.15) is 5.10 Å². The first-order valence-corrected chi connectivity index (χ1v) is 6.29. The van der Waals surface area contributed by atoms with E-state index in [0.717, 1.165) is 17.0 Å². The second-order valence-corrected chi connectivity index (χ2v) is 4.69. The summed E-state index contributed by atoms with van der Waals surface area (Å²) in [7, 11) is 1.85. The molecule has 0 saturated heterocycles. The minimum Gasteiger partial charge on any atom is -0.305 e. The lowest BCUT2D eigenvalue weighted by Crippen LogP contribution is -2.19. The van der Waals surface area contributed by atoms with E-state index < -0.39 is 0 Å². The van der Waals surface area contributed by atoms with Crippen molar-refractivity contribution < 1.29 is 0 Å². The first kappa shape index (κ1) is 13.1. The SMILES string of the molecule is Cc1nn(C)c(Cl)c1CN[C@H](C)c1ccccn1. The van der Waals surface area contributed by atoms with Crippen molar-refractivity contribution in [2.24, 2.45) is 7.05 Å².